The second-order valence-electron chi connectivity index (χ2n) is 7.30. The van der Waals surface area contributed by atoms with Crippen LogP contribution in [0.3, 0.4) is 0 Å². The van der Waals surface area contributed by atoms with Crippen molar-refractivity contribution in [1.82, 2.24) is 5.01 Å². The predicted octanol–water partition coefficient (Wildman–Crippen LogP) is 4.06. The normalized spacial score (nSPS) is 13.3. The molecule has 0 saturated heterocycles. The van der Waals surface area contributed by atoms with Gasteiger partial charge in [-0.3, -0.25) is 14.4 Å². The van der Waals surface area contributed by atoms with Gasteiger partial charge in [0.15, 0.2) is 0 Å². The van der Waals surface area contributed by atoms with E-state index in [1.165, 1.54) is 5.01 Å². The summed E-state index contributed by atoms with van der Waals surface area (Å²) >= 11 is 0. The van der Waals surface area contributed by atoms with Crippen molar-refractivity contribution >= 4 is 34.8 Å². The zero-order valence-corrected chi connectivity index (χ0v) is 17.3. The average Bonchev–Trinajstić information content (AvgIpc) is 2.83. The van der Waals surface area contributed by atoms with Gasteiger partial charge in [-0.25, -0.2) is 5.01 Å². The van der Waals surface area contributed by atoms with Crippen LogP contribution in [0.1, 0.15) is 28.8 Å². The van der Waals surface area contributed by atoms with Gasteiger partial charge in [0.1, 0.15) is 5.71 Å². The summed E-state index contributed by atoms with van der Waals surface area (Å²) in [5.74, 6) is -0.806. The van der Waals surface area contributed by atoms with Crippen molar-refractivity contribution in [2.45, 2.75) is 19.4 Å². The summed E-state index contributed by atoms with van der Waals surface area (Å²) in [5.41, 5.74) is 2.64. The van der Waals surface area contributed by atoms with Crippen LogP contribution in [-0.2, 0) is 16.1 Å². The summed E-state index contributed by atoms with van der Waals surface area (Å²) < 4.78 is 0. The fourth-order valence-electron chi connectivity index (χ4n) is 3.32. The van der Waals surface area contributed by atoms with Gasteiger partial charge < -0.3 is 10.6 Å². The summed E-state index contributed by atoms with van der Waals surface area (Å²) in [6.45, 7) is 0.306. The first kappa shape index (κ1) is 21.0. The maximum absolute atomic E-state index is 12.9. The number of para-hydroxylation sites is 2. The molecule has 7 nitrogen and oxygen atoms in total. The van der Waals surface area contributed by atoms with Crippen LogP contribution in [0.25, 0.3) is 0 Å². The molecule has 3 aromatic rings. The molecule has 0 fully saturated rings. The second-order valence-corrected chi connectivity index (χ2v) is 7.30. The predicted molar refractivity (Wildman–Crippen MR) is 123 cm³/mol. The molecule has 0 aliphatic carbocycles. The van der Waals surface area contributed by atoms with Gasteiger partial charge >= 0.3 is 0 Å². The summed E-state index contributed by atoms with van der Waals surface area (Å²) in [6.07, 6.45) is 0.472. The number of nitrogens with one attached hydrogen (secondary N) is 2. The standard InChI is InChI=1S/C25H22N4O3/c30-23-16-15-22(28-29(23)17-18-9-3-1-4-10-18)25(32)27-21-14-8-7-13-20(21)26-24(31)19-11-5-2-6-12-19/h1-14H,15-17H2,(H,26,31)(H,27,32). The van der Waals surface area contributed by atoms with Gasteiger partial charge in [-0.15, -0.1) is 0 Å². The van der Waals surface area contributed by atoms with Gasteiger partial charge in [0.25, 0.3) is 11.8 Å². The van der Waals surface area contributed by atoms with E-state index in [0.717, 1.165) is 5.56 Å². The maximum atomic E-state index is 12.9. The van der Waals surface area contributed by atoms with E-state index in [9.17, 15) is 14.4 Å². The lowest BCUT2D eigenvalue weighted by Crippen LogP contribution is -2.36. The van der Waals surface area contributed by atoms with E-state index in [-0.39, 0.29) is 30.4 Å². The Morgan fingerprint density at radius 1 is 0.750 bits per heavy atom. The van der Waals surface area contributed by atoms with E-state index in [0.29, 0.717) is 23.5 Å². The van der Waals surface area contributed by atoms with Crippen LogP contribution in [0.5, 0.6) is 0 Å². The number of hydrazone groups is 1. The van der Waals surface area contributed by atoms with Crippen LogP contribution in [0, 0.1) is 0 Å². The van der Waals surface area contributed by atoms with Crippen LogP contribution >= 0.6 is 0 Å². The molecule has 0 spiro atoms. The third kappa shape index (κ3) is 5.07. The van der Waals surface area contributed by atoms with Gasteiger partial charge in [-0.2, -0.15) is 5.10 Å². The molecule has 0 bridgehead atoms. The number of benzene rings is 3. The van der Waals surface area contributed by atoms with Crippen LogP contribution in [0.4, 0.5) is 11.4 Å². The van der Waals surface area contributed by atoms with Gasteiger partial charge in [0.2, 0.25) is 5.91 Å². The number of rotatable bonds is 6. The molecule has 2 N–H and O–H groups in total. The molecular weight excluding hydrogens is 404 g/mol. The topological polar surface area (TPSA) is 90.9 Å². The van der Waals surface area contributed by atoms with E-state index in [1.54, 1.807) is 48.5 Å². The first-order valence-corrected chi connectivity index (χ1v) is 10.3. The van der Waals surface area contributed by atoms with Crippen molar-refractivity contribution in [2.24, 2.45) is 5.10 Å². The van der Waals surface area contributed by atoms with Crippen LogP contribution < -0.4 is 10.6 Å². The third-order valence-corrected chi connectivity index (χ3v) is 5.00. The number of hydrogen-bond donors (Lipinski definition) is 2. The minimum absolute atomic E-state index is 0.124. The lowest BCUT2D eigenvalue weighted by Gasteiger charge is -2.23. The number of anilines is 2. The molecule has 160 valence electrons. The highest BCUT2D eigenvalue weighted by molar-refractivity contribution is 6.43. The second kappa shape index (κ2) is 9.70. The van der Waals surface area contributed by atoms with Gasteiger partial charge in [0.05, 0.1) is 17.9 Å². The Kier molecular flexibility index (Phi) is 6.36. The molecule has 32 heavy (non-hydrogen) atoms. The van der Waals surface area contributed by atoms with E-state index in [2.05, 4.69) is 15.7 Å². The number of amides is 3. The fraction of sp³-hybridized carbons (Fsp3) is 0.120. The zero-order valence-electron chi connectivity index (χ0n) is 17.3. The monoisotopic (exact) mass is 426 g/mol. The first-order valence-electron chi connectivity index (χ1n) is 10.3. The molecule has 3 aromatic carbocycles. The molecule has 0 aromatic heterocycles. The minimum atomic E-state index is -0.406. The summed E-state index contributed by atoms with van der Waals surface area (Å²) in [7, 11) is 0. The molecule has 1 aliphatic rings. The van der Waals surface area contributed by atoms with Gasteiger partial charge in [-0.1, -0.05) is 60.7 Å². The Morgan fingerprint density at radius 3 is 1.97 bits per heavy atom. The molecule has 0 unspecified atom stereocenters. The molecule has 0 saturated carbocycles. The molecule has 1 heterocycles. The number of nitrogens with zero attached hydrogens (tertiary/aromatic N) is 2. The van der Waals surface area contributed by atoms with Crippen molar-refractivity contribution in [3.8, 4) is 0 Å². The van der Waals surface area contributed by atoms with Crippen LogP contribution in [-0.4, -0.2) is 28.4 Å². The van der Waals surface area contributed by atoms with E-state index >= 15 is 0 Å². The molecule has 3 amide bonds. The van der Waals surface area contributed by atoms with Gasteiger partial charge in [0, 0.05) is 18.4 Å². The summed E-state index contributed by atoms with van der Waals surface area (Å²) in [5, 5.41) is 11.3. The number of carbonyl (C=O) groups excluding carboxylic acids is 3. The SMILES string of the molecule is O=C(Nc1ccccc1NC(=O)c1ccccc1)C1=NN(Cc2ccccc2)C(=O)CC1. The highest BCUT2D eigenvalue weighted by Crippen LogP contribution is 2.23. The van der Waals surface area contributed by atoms with E-state index in [4.69, 9.17) is 0 Å². The highest BCUT2D eigenvalue weighted by atomic mass is 16.2. The minimum Gasteiger partial charge on any atom is -0.320 e. The van der Waals surface area contributed by atoms with Crippen LogP contribution in [0.15, 0.2) is 90.0 Å². The average molecular weight is 426 g/mol. The Hall–Kier alpha value is -4.26. The number of hydrogen-bond acceptors (Lipinski definition) is 4. The maximum Gasteiger partial charge on any atom is 0.271 e. The number of carbonyl (C=O) groups is 3. The summed E-state index contributed by atoms with van der Waals surface area (Å²) in [6, 6.07) is 25.3. The molecular formula is C25H22N4O3. The fourth-order valence-corrected chi connectivity index (χ4v) is 3.32. The first-order chi connectivity index (χ1) is 15.6. The lowest BCUT2D eigenvalue weighted by molar-refractivity contribution is -0.132. The van der Waals surface area contributed by atoms with Crippen molar-refractivity contribution < 1.29 is 14.4 Å². The highest BCUT2D eigenvalue weighted by Gasteiger charge is 2.25. The smallest absolute Gasteiger partial charge is 0.271 e. The Labute approximate surface area is 185 Å². The quantitative estimate of drug-likeness (QED) is 0.623. The van der Waals surface area contributed by atoms with Crippen molar-refractivity contribution in [3.05, 3.63) is 96.1 Å². The summed E-state index contributed by atoms with van der Waals surface area (Å²) in [4.78, 5) is 37.7. The largest absolute Gasteiger partial charge is 0.320 e. The third-order valence-electron chi connectivity index (χ3n) is 5.00. The zero-order chi connectivity index (χ0) is 22.3. The molecule has 0 radical (unpaired) electrons. The van der Waals surface area contributed by atoms with Crippen molar-refractivity contribution in [3.63, 3.8) is 0 Å². The Balaban J connectivity index is 1.48. The van der Waals surface area contributed by atoms with E-state index in [1.807, 2.05) is 36.4 Å². The lowest BCUT2D eigenvalue weighted by atomic mass is 10.1. The Morgan fingerprint density at radius 2 is 1.31 bits per heavy atom. The molecule has 7 heteroatoms. The molecule has 0 atom stereocenters. The van der Waals surface area contributed by atoms with Crippen molar-refractivity contribution in [2.75, 3.05) is 10.6 Å². The van der Waals surface area contributed by atoms with Crippen LogP contribution in [0.2, 0.25) is 0 Å². The molecule has 4 rings (SSSR count). The molecule has 1 aliphatic heterocycles. The Bertz CT molecular complexity index is 1160. The van der Waals surface area contributed by atoms with E-state index < -0.39 is 5.91 Å². The van der Waals surface area contributed by atoms with Crippen molar-refractivity contribution in [1.29, 1.82) is 0 Å². The van der Waals surface area contributed by atoms with Gasteiger partial charge in [-0.05, 0) is 29.8 Å².